The SMILES string of the molecule is NC(=O)C1CCN(C(=O)c2cccc(=O)[nH]2)CC1. The zero-order valence-electron chi connectivity index (χ0n) is 9.89. The fourth-order valence-corrected chi connectivity index (χ4v) is 2.11. The van der Waals surface area contributed by atoms with Crippen molar-refractivity contribution in [3.8, 4) is 0 Å². The molecular formula is C12H15N3O3. The van der Waals surface area contributed by atoms with Crippen molar-refractivity contribution in [3.63, 3.8) is 0 Å². The van der Waals surface area contributed by atoms with Gasteiger partial charge in [0.05, 0.1) is 0 Å². The molecule has 0 spiro atoms. The summed E-state index contributed by atoms with van der Waals surface area (Å²) in [6, 6.07) is 4.47. The number of likely N-dealkylation sites (tertiary alicyclic amines) is 1. The van der Waals surface area contributed by atoms with Crippen LogP contribution in [0.2, 0.25) is 0 Å². The van der Waals surface area contributed by atoms with Gasteiger partial charge in [0.25, 0.3) is 5.91 Å². The minimum atomic E-state index is -0.310. The third-order valence-corrected chi connectivity index (χ3v) is 3.18. The molecule has 3 N–H and O–H groups in total. The number of nitrogens with one attached hydrogen (secondary N) is 1. The van der Waals surface area contributed by atoms with Gasteiger partial charge in [-0.1, -0.05) is 6.07 Å². The number of amides is 2. The number of piperidine rings is 1. The molecule has 0 bridgehead atoms. The summed E-state index contributed by atoms with van der Waals surface area (Å²) < 4.78 is 0. The summed E-state index contributed by atoms with van der Waals surface area (Å²) in [4.78, 5) is 38.3. The largest absolute Gasteiger partial charge is 0.369 e. The molecule has 1 aliphatic heterocycles. The van der Waals surface area contributed by atoms with Crippen LogP contribution >= 0.6 is 0 Å². The van der Waals surface area contributed by atoms with E-state index in [-0.39, 0.29) is 29.0 Å². The van der Waals surface area contributed by atoms with Crippen LogP contribution in [0.4, 0.5) is 0 Å². The minimum absolute atomic E-state index is 0.149. The molecule has 2 rings (SSSR count). The van der Waals surface area contributed by atoms with Crippen molar-refractivity contribution in [1.29, 1.82) is 0 Å². The van der Waals surface area contributed by atoms with Gasteiger partial charge in [0, 0.05) is 25.1 Å². The summed E-state index contributed by atoms with van der Waals surface area (Å²) in [5.74, 6) is -0.672. The van der Waals surface area contributed by atoms with Gasteiger partial charge in [0.2, 0.25) is 11.5 Å². The van der Waals surface area contributed by atoms with Crippen LogP contribution in [0.15, 0.2) is 23.0 Å². The Morgan fingerprint density at radius 3 is 2.50 bits per heavy atom. The fraction of sp³-hybridized carbons (Fsp3) is 0.417. The van der Waals surface area contributed by atoms with E-state index in [1.54, 1.807) is 17.0 Å². The van der Waals surface area contributed by atoms with Crippen LogP contribution in [0, 0.1) is 5.92 Å². The van der Waals surface area contributed by atoms with Gasteiger partial charge in [-0.3, -0.25) is 14.4 Å². The number of H-pyrrole nitrogens is 1. The summed E-state index contributed by atoms with van der Waals surface area (Å²) in [6.07, 6.45) is 1.16. The number of aromatic nitrogens is 1. The lowest BCUT2D eigenvalue weighted by Gasteiger charge is -2.30. The highest BCUT2D eigenvalue weighted by atomic mass is 16.2. The summed E-state index contributed by atoms with van der Waals surface area (Å²) >= 11 is 0. The Balaban J connectivity index is 2.04. The van der Waals surface area contributed by atoms with E-state index in [4.69, 9.17) is 5.73 Å². The van der Waals surface area contributed by atoms with Crippen LogP contribution in [0.25, 0.3) is 0 Å². The van der Waals surface area contributed by atoms with Crippen molar-refractivity contribution in [1.82, 2.24) is 9.88 Å². The van der Waals surface area contributed by atoms with E-state index in [2.05, 4.69) is 4.98 Å². The van der Waals surface area contributed by atoms with Crippen LogP contribution < -0.4 is 11.3 Å². The fourth-order valence-electron chi connectivity index (χ4n) is 2.11. The highest BCUT2D eigenvalue weighted by molar-refractivity contribution is 5.92. The molecule has 2 heterocycles. The van der Waals surface area contributed by atoms with Crippen LogP contribution in [0.3, 0.4) is 0 Å². The standard InChI is InChI=1S/C12H15N3O3/c13-11(17)8-4-6-15(7-5-8)12(18)9-2-1-3-10(16)14-9/h1-3,8H,4-7H2,(H2,13,17)(H,14,16). The zero-order chi connectivity index (χ0) is 13.1. The van der Waals surface area contributed by atoms with Gasteiger partial charge in [-0.15, -0.1) is 0 Å². The molecule has 1 fully saturated rings. The predicted molar refractivity (Wildman–Crippen MR) is 64.9 cm³/mol. The lowest BCUT2D eigenvalue weighted by atomic mass is 9.96. The Labute approximate surface area is 104 Å². The minimum Gasteiger partial charge on any atom is -0.369 e. The van der Waals surface area contributed by atoms with Gasteiger partial charge >= 0.3 is 0 Å². The Kier molecular flexibility index (Phi) is 3.45. The average Bonchev–Trinajstić information content (AvgIpc) is 2.38. The molecule has 2 amide bonds. The third-order valence-electron chi connectivity index (χ3n) is 3.18. The first-order chi connectivity index (χ1) is 8.58. The van der Waals surface area contributed by atoms with Crippen molar-refractivity contribution < 1.29 is 9.59 Å². The van der Waals surface area contributed by atoms with E-state index >= 15 is 0 Å². The molecule has 18 heavy (non-hydrogen) atoms. The second kappa shape index (κ2) is 5.03. The van der Waals surface area contributed by atoms with Crippen LogP contribution in [-0.2, 0) is 4.79 Å². The maximum atomic E-state index is 12.1. The normalized spacial score (nSPS) is 16.6. The Hall–Kier alpha value is -2.11. The number of nitrogens with zero attached hydrogens (tertiary/aromatic N) is 1. The summed E-state index contributed by atoms with van der Waals surface area (Å²) in [5.41, 5.74) is 5.21. The number of aromatic amines is 1. The summed E-state index contributed by atoms with van der Waals surface area (Å²) in [7, 11) is 0. The number of nitrogens with two attached hydrogens (primary N) is 1. The lowest BCUT2D eigenvalue weighted by Crippen LogP contribution is -2.42. The maximum Gasteiger partial charge on any atom is 0.270 e. The second-order valence-corrected chi connectivity index (χ2v) is 4.40. The molecule has 0 aliphatic carbocycles. The first-order valence-corrected chi connectivity index (χ1v) is 5.86. The number of carbonyl (C=O) groups excluding carboxylic acids is 2. The van der Waals surface area contributed by atoms with Crippen molar-refractivity contribution in [3.05, 3.63) is 34.2 Å². The van der Waals surface area contributed by atoms with Crippen LogP contribution in [0.5, 0.6) is 0 Å². The molecule has 1 saturated heterocycles. The summed E-state index contributed by atoms with van der Waals surface area (Å²) in [5, 5.41) is 0. The number of pyridine rings is 1. The Morgan fingerprint density at radius 2 is 1.94 bits per heavy atom. The van der Waals surface area contributed by atoms with Gasteiger partial charge in [-0.05, 0) is 18.9 Å². The molecule has 0 aromatic carbocycles. The molecule has 0 unspecified atom stereocenters. The van der Waals surface area contributed by atoms with Crippen LogP contribution in [0.1, 0.15) is 23.3 Å². The zero-order valence-corrected chi connectivity index (χ0v) is 9.89. The molecular weight excluding hydrogens is 234 g/mol. The third kappa shape index (κ3) is 2.58. The average molecular weight is 249 g/mol. The van der Waals surface area contributed by atoms with Crippen molar-refractivity contribution in [2.75, 3.05) is 13.1 Å². The van der Waals surface area contributed by atoms with Gasteiger partial charge in [0.15, 0.2) is 0 Å². The van der Waals surface area contributed by atoms with E-state index in [1.807, 2.05) is 0 Å². The summed E-state index contributed by atoms with van der Waals surface area (Å²) in [6.45, 7) is 0.979. The van der Waals surface area contributed by atoms with E-state index in [0.717, 1.165) is 0 Å². The molecule has 1 aromatic heterocycles. The number of hydrogen-bond acceptors (Lipinski definition) is 3. The first-order valence-electron chi connectivity index (χ1n) is 5.86. The molecule has 0 saturated carbocycles. The molecule has 1 aliphatic rings. The van der Waals surface area contributed by atoms with Crippen molar-refractivity contribution in [2.45, 2.75) is 12.8 Å². The van der Waals surface area contributed by atoms with Gasteiger partial charge in [-0.2, -0.15) is 0 Å². The molecule has 0 atom stereocenters. The monoisotopic (exact) mass is 249 g/mol. The highest BCUT2D eigenvalue weighted by Crippen LogP contribution is 2.17. The van der Waals surface area contributed by atoms with E-state index in [9.17, 15) is 14.4 Å². The smallest absolute Gasteiger partial charge is 0.270 e. The van der Waals surface area contributed by atoms with E-state index in [1.165, 1.54) is 6.07 Å². The Morgan fingerprint density at radius 1 is 1.28 bits per heavy atom. The van der Waals surface area contributed by atoms with Gasteiger partial charge in [0.1, 0.15) is 5.69 Å². The number of rotatable bonds is 2. The number of primary amides is 1. The lowest BCUT2D eigenvalue weighted by molar-refractivity contribution is -0.123. The second-order valence-electron chi connectivity index (χ2n) is 4.40. The van der Waals surface area contributed by atoms with Gasteiger partial charge in [-0.25, -0.2) is 0 Å². The number of hydrogen-bond donors (Lipinski definition) is 2. The quantitative estimate of drug-likeness (QED) is 0.754. The Bertz CT molecular complexity index is 515. The van der Waals surface area contributed by atoms with Crippen molar-refractivity contribution in [2.24, 2.45) is 11.7 Å². The molecule has 6 heteroatoms. The highest BCUT2D eigenvalue weighted by Gasteiger charge is 2.26. The topological polar surface area (TPSA) is 96.3 Å². The van der Waals surface area contributed by atoms with Crippen LogP contribution in [-0.4, -0.2) is 34.8 Å². The van der Waals surface area contributed by atoms with Gasteiger partial charge < -0.3 is 15.6 Å². The van der Waals surface area contributed by atoms with E-state index < -0.39 is 0 Å². The first kappa shape index (κ1) is 12.3. The maximum absolute atomic E-state index is 12.1. The van der Waals surface area contributed by atoms with E-state index in [0.29, 0.717) is 25.9 Å². The van der Waals surface area contributed by atoms with Crippen molar-refractivity contribution >= 4 is 11.8 Å². The molecule has 1 aromatic rings. The molecule has 6 nitrogen and oxygen atoms in total. The molecule has 0 radical (unpaired) electrons. The number of carbonyl (C=O) groups is 2. The molecule has 96 valence electrons. The predicted octanol–water partition coefficient (Wildman–Crippen LogP) is -0.288.